The summed E-state index contributed by atoms with van der Waals surface area (Å²) in [4.78, 5) is 11.9. The van der Waals surface area contributed by atoms with Gasteiger partial charge in [0.1, 0.15) is 16.5 Å². The van der Waals surface area contributed by atoms with Crippen LogP contribution in [-0.4, -0.2) is 19.6 Å². The van der Waals surface area contributed by atoms with Crippen LogP contribution in [-0.2, 0) is 41.3 Å². The van der Waals surface area contributed by atoms with Crippen molar-refractivity contribution in [1.29, 1.82) is 0 Å². The molecule has 0 heterocycles. The van der Waals surface area contributed by atoms with Gasteiger partial charge in [-0.15, -0.1) is 0 Å². The predicted molar refractivity (Wildman–Crippen MR) is 111 cm³/mol. The molecule has 6 nitrogen and oxygen atoms in total. The van der Waals surface area contributed by atoms with Gasteiger partial charge in [0, 0.05) is 5.69 Å². The highest BCUT2D eigenvalue weighted by molar-refractivity contribution is 7.90. The number of sulfonamides is 1. The third-order valence-corrected chi connectivity index (χ3v) is 7.31. The van der Waals surface area contributed by atoms with Crippen LogP contribution < -0.4 is 10.0 Å². The smallest absolute Gasteiger partial charge is 0.333 e. The fourth-order valence-corrected chi connectivity index (χ4v) is 5.46. The SMILES string of the molecule is CC(C)(O)c1ccc(F)c(S(=O)(=O)NC(=O)Nc2c3c(c(F)c4c2CCC4)CCC3)c1. The lowest BCUT2D eigenvalue weighted by molar-refractivity contribution is 0.0782. The maximum Gasteiger partial charge on any atom is 0.333 e. The van der Waals surface area contributed by atoms with Crippen molar-refractivity contribution in [2.45, 2.75) is 62.9 Å². The number of aliphatic hydroxyl groups is 1. The number of carbonyl (C=O) groups excluding carboxylic acids is 1. The van der Waals surface area contributed by atoms with E-state index in [1.165, 1.54) is 19.9 Å². The summed E-state index contributed by atoms with van der Waals surface area (Å²) in [5, 5.41) is 12.7. The molecule has 0 bridgehead atoms. The highest BCUT2D eigenvalue weighted by atomic mass is 32.2. The molecule has 2 aromatic rings. The van der Waals surface area contributed by atoms with Crippen LogP contribution in [0.15, 0.2) is 23.1 Å². The number of urea groups is 1. The number of fused-ring (bicyclic) bond motifs is 2. The summed E-state index contributed by atoms with van der Waals surface area (Å²) in [7, 11) is -4.55. The fraction of sp³-hybridized carbons (Fsp3) is 0.409. The molecule has 0 unspecified atom stereocenters. The van der Waals surface area contributed by atoms with Gasteiger partial charge in [-0.3, -0.25) is 0 Å². The van der Waals surface area contributed by atoms with E-state index in [1.54, 1.807) is 0 Å². The molecule has 31 heavy (non-hydrogen) atoms. The minimum Gasteiger partial charge on any atom is -0.386 e. The topological polar surface area (TPSA) is 95.5 Å². The van der Waals surface area contributed by atoms with Crippen LogP contribution in [0.5, 0.6) is 0 Å². The Bertz CT molecular complexity index is 1150. The Morgan fingerprint density at radius 3 is 2.10 bits per heavy atom. The Labute approximate surface area is 179 Å². The zero-order valence-corrected chi connectivity index (χ0v) is 18.1. The Balaban J connectivity index is 1.64. The van der Waals surface area contributed by atoms with Crippen LogP contribution in [0.25, 0.3) is 0 Å². The standard InChI is InChI=1S/C22H24F2N2O4S/c1-22(2,28)12-9-10-17(23)18(11-12)31(29,30)26-21(27)25-20-15-7-3-5-13(15)19(24)14-6-4-8-16(14)20/h9-11,28H,3-8H2,1-2H3,(H2,25,26,27). The second kappa shape index (κ2) is 7.56. The third kappa shape index (κ3) is 3.92. The number of hydrogen-bond donors (Lipinski definition) is 3. The second-order valence-electron chi connectivity index (χ2n) is 8.57. The molecule has 0 saturated heterocycles. The lowest BCUT2D eigenvalue weighted by atomic mass is 9.98. The molecule has 0 spiro atoms. The van der Waals surface area contributed by atoms with Crippen molar-refractivity contribution < 1.29 is 27.1 Å². The van der Waals surface area contributed by atoms with Crippen LogP contribution in [0.4, 0.5) is 19.3 Å². The van der Waals surface area contributed by atoms with E-state index in [9.17, 15) is 27.1 Å². The van der Waals surface area contributed by atoms with E-state index in [1.807, 2.05) is 4.72 Å². The van der Waals surface area contributed by atoms with Crippen molar-refractivity contribution in [2.75, 3.05) is 5.32 Å². The predicted octanol–water partition coefficient (Wildman–Crippen LogP) is 3.68. The lowest BCUT2D eigenvalue weighted by Gasteiger charge is -2.19. The molecule has 4 rings (SSSR count). The monoisotopic (exact) mass is 450 g/mol. The van der Waals surface area contributed by atoms with Crippen LogP contribution >= 0.6 is 0 Å². The molecule has 0 radical (unpaired) electrons. The van der Waals surface area contributed by atoms with Crippen LogP contribution in [0.3, 0.4) is 0 Å². The zero-order valence-electron chi connectivity index (χ0n) is 17.3. The molecule has 9 heteroatoms. The molecular weight excluding hydrogens is 426 g/mol. The van der Waals surface area contributed by atoms with Gasteiger partial charge in [0.25, 0.3) is 10.0 Å². The Morgan fingerprint density at radius 2 is 1.55 bits per heavy atom. The first kappa shape index (κ1) is 21.7. The minimum absolute atomic E-state index is 0.184. The van der Waals surface area contributed by atoms with Crippen molar-refractivity contribution >= 4 is 21.7 Å². The van der Waals surface area contributed by atoms with Gasteiger partial charge in [-0.05, 0) is 92.3 Å². The van der Waals surface area contributed by atoms with Crippen molar-refractivity contribution in [2.24, 2.45) is 0 Å². The molecular formula is C22H24F2N2O4S. The summed E-state index contributed by atoms with van der Waals surface area (Å²) in [6.07, 6.45) is 3.89. The molecule has 2 amide bonds. The van der Waals surface area contributed by atoms with Gasteiger partial charge in [-0.2, -0.15) is 0 Å². The highest BCUT2D eigenvalue weighted by Crippen LogP contribution is 2.41. The molecule has 2 aliphatic rings. The fourth-order valence-electron chi connectivity index (χ4n) is 4.44. The first-order valence-corrected chi connectivity index (χ1v) is 11.7. The van der Waals surface area contributed by atoms with Gasteiger partial charge in [0.15, 0.2) is 0 Å². The largest absolute Gasteiger partial charge is 0.386 e. The van der Waals surface area contributed by atoms with E-state index in [2.05, 4.69) is 5.32 Å². The molecule has 2 aromatic carbocycles. The summed E-state index contributed by atoms with van der Waals surface area (Å²) < 4.78 is 56.3. The van der Waals surface area contributed by atoms with Gasteiger partial charge < -0.3 is 10.4 Å². The number of carbonyl (C=O) groups is 1. The number of hydrogen-bond acceptors (Lipinski definition) is 4. The number of anilines is 1. The van der Waals surface area contributed by atoms with Gasteiger partial charge in [0.05, 0.1) is 5.60 Å². The average Bonchev–Trinajstić information content (AvgIpc) is 3.34. The molecule has 0 fully saturated rings. The summed E-state index contributed by atoms with van der Waals surface area (Å²) >= 11 is 0. The van der Waals surface area contributed by atoms with Gasteiger partial charge in [-0.1, -0.05) is 6.07 Å². The maximum atomic E-state index is 14.8. The van der Waals surface area contributed by atoms with Crippen LogP contribution in [0.1, 0.15) is 54.5 Å². The lowest BCUT2D eigenvalue weighted by Crippen LogP contribution is -2.35. The highest BCUT2D eigenvalue weighted by Gasteiger charge is 2.31. The molecule has 0 aromatic heterocycles. The number of halogens is 2. The number of amides is 2. The van der Waals surface area contributed by atoms with E-state index in [0.29, 0.717) is 53.6 Å². The third-order valence-electron chi connectivity index (χ3n) is 5.96. The van der Waals surface area contributed by atoms with E-state index in [0.717, 1.165) is 25.0 Å². The van der Waals surface area contributed by atoms with E-state index >= 15 is 0 Å². The van der Waals surface area contributed by atoms with Crippen molar-refractivity contribution in [3.05, 3.63) is 57.7 Å². The second-order valence-corrected chi connectivity index (χ2v) is 10.2. The minimum atomic E-state index is -4.55. The van der Waals surface area contributed by atoms with Gasteiger partial charge in [0.2, 0.25) is 0 Å². The van der Waals surface area contributed by atoms with Crippen molar-refractivity contribution in [3.63, 3.8) is 0 Å². The number of rotatable bonds is 4. The number of benzene rings is 2. The van der Waals surface area contributed by atoms with E-state index in [-0.39, 0.29) is 11.4 Å². The molecule has 0 saturated carbocycles. The first-order valence-electron chi connectivity index (χ1n) is 10.2. The maximum absolute atomic E-state index is 14.8. The zero-order chi connectivity index (χ0) is 22.6. The Morgan fingerprint density at radius 1 is 1.00 bits per heavy atom. The Hall–Kier alpha value is -2.52. The van der Waals surface area contributed by atoms with Crippen molar-refractivity contribution in [3.8, 4) is 0 Å². The Kier molecular flexibility index (Phi) is 5.29. The summed E-state index contributed by atoms with van der Waals surface area (Å²) in [5.74, 6) is -1.25. The molecule has 0 atom stereocenters. The van der Waals surface area contributed by atoms with Gasteiger partial charge >= 0.3 is 6.03 Å². The van der Waals surface area contributed by atoms with Gasteiger partial charge in [-0.25, -0.2) is 26.7 Å². The van der Waals surface area contributed by atoms with E-state index in [4.69, 9.17) is 0 Å². The summed E-state index contributed by atoms with van der Waals surface area (Å²) in [6, 6.07) is 2.17. The first-order chi connectivity index (χ1) is 14.5. The normalized spacial score (nSPS) is 15.5. The van der Waals surface area contributed by atoms with Crippen LogP contribution in [0, 0.1) is 11.6 Å². The molecule has 0 aliphatic heterocycles. The quantitative estimate of drug-likeness (QED) is 0.662. The van der Waals surface area contributed by atoms with Crippen molar-refractivity contribution in [1.82, 2.24) is 4.72 Å². The van der Waals surface area contributed by atoms with Crippen LogP contribution in [0.2, 0.25) is 0 Å². The summed E-state index contributed by atoms with van der Waals surface area (Å²) in [5.41, 5.74) is 1.85. The molecule has 166 valence electrons. The number of nitrogens with one attached hydrogen (secondary N) is 2. The molecule has 2 aliphatic carbocycles. The molecule has 3 N–H and O–H groups in total. The average molecular weight is 451 g/mol. The van der Waals surface area contributed by atoms with E-state index < -0.39 is 32.4 Å². The summed E-state index contributed by atoms with van der Waals surface area (Å²) in [6.45, 7) is 2.87.